The quantitative estimate of drug-likeness (QED) is 0.645. The number of hydrogen-bond donors (Lipinski definition) is 3. The lowest BCUT2D eigenvalue weighted by Crippen LogP contribution is -2.32. The minimum atomic E-state index is -0.415. The van der Waals surface area contributed by atoms with Gasteiger partial charge in [-0.05, 0) is 44.9 Å². The molecule has 0 aliphatic carbocycles. The maximum absolute atomic E-state index is 6.01. The Bertz CT molecular complexity index is 356. The van der Waals surface area contributed by atoms with Gasteiger partial charge in [0.15, 0.2) is 0 Å². The van der Waals surface area contributed by atoms with Crippen molar-refractivity contribution in [3.63, 3.8) is 0 Å². The van der Waals surface area contributed by atoms with Crippen LogP contribution in [0.4, 0.5) is 5.69 Å². The summed E-state index contributed by atoms with van der Waals surface area (Å²) < 4.78 is 0. The molecule has 0 radical (unpaired) electrons. The van der Waals surface area contributed by atoms with Crippen molar-refractivity contribution in [2.45, 2.75) is 38.8 Å². The van der Waals surface area contributed by atoms with Gasteiger partial charge in [0.25, 0.3) is 0 Å². The van der Waals surface area contributed by atoms with Gasteiger partial charge in [0, 0.05) is 16.8 Å². The molecule has 0 amide bonds. The lowest BCUT2D eigenvalue weighted by Gasteiger charge is -2.25. The Labute approximate surface area is 91.6 Å². The van der Waals surface area contributed by atoms with Gasteiger partial charge in [-0.3, -0.25) is 0 Å². The van der Waals surface area contributed by atoms with Crippen molar-refractivity contribution >= 4 is 5.69 Å². The van der Waals surface area contributed by atoms with Crippen molar-refractivity contribution in [1.29, 1.82) is 0 Å². The van der Waals surface area contributed by atoms with Gasteiger partial charge >= 0.3 is 0 Å². The van der Waals surface area contributed by atoms with E-state index in [9.17, 15) is 0 Å². The molecule has 0 atom stereocenters. The van der Waals surface area contributed by atoms with Gasteiger partial charge in [-0.2, -0.15) is 0 Å². The van der Waals surface area contributed by atoms with E-state index in [1.54, 1.807) is 0 Å². The molecule has 1 rings (SSSR count). The summed E-state index contributed by atoms with van der Waals surface area (Å²) in [5.41, 5.74) is 19.9. The maximum Gasteiger partial charge on any atom is 0.0372 e. The second kappa shape index (κ2) is 3.51. The lowest BCUT2D eigenvalue weighted by atomic mass is 9.88. The number of benzene rings is 1. The summed E-state index contributed by atoms with van der Waals surface area (Å²) >= 11 is 0. The predicted molar refractivity (Wildman–Crippen MR) is 65.3 cm³/mol. The fourth-order valence-electron chi connectivity index (χ4n) is 1.55. The third-order valence-corrected chi connectivity index (χ3v) is 2.49. The fourth-order valence-corrected chi connectivity index (χ4v) is 1.55. The molecular weight excluding hydrogens is 186 g/mol. The average Bonchev–Trinajstić information content (AvgIpc) is 1.99. The van der Waals surface area contributed by atoms with Gasteiger partial charge in [0.05, 0.1) is 0 Å². The van der Waals surface area contributed by atoms with Gasteiger partial charge < -0.3 is 17.2 Å². The zero-order chi connectivity index (χ0) is 11.9. The fraction of sp³-hybridized carbons (Fsp3) is 0.500. The highest BCUT2D eigenvalue weighted by Crippen LogP contribution is 2.27. The van der Waals surface area contributed by atoms with Crippen LogP contribution in [0.25, 0.3) is 0 Å². The predicted octanol–water partition coefficient (Wildman–Crippen LogP) is 1.66. The van der Waals surface area contributed by atoms with E-state index in [1.165, 1.54) is 0 Å². The van der Waals surface area contributed by atoms with Crippen molar-refractivity contribution < 1.29 is 0 Å². The van der Waals surface area contributed by atoms with Crippen molar-refractivity contribution in [3.05, 3.63) is 29.3 Å². The Morgan fingerprint density at radius 2 is 1.47 bits per heavy atom. The van der Waals surface area contributed by atoms with Crippen LogP contribution in [0, 0.1) is 0 Å². The molecule has 0 aromatic heterocycles. The SMILES string of the molecule is CC(C)(N)c1ccc(C(C)(C)N)c(N)c1. The molecule has 0 aliphatic rings. The molecule has 1 aromatic carbocycles. The van der Waals surface area contributed by atoms with E-state index < -0.39 is 5.54 Å². The summed E-state index contributed by atoms with van der Waals surface area (Å²) in [4.78, 5) is 0. The Hall–Kier alpha value is -1.06. The van der Waals surface area contributed by atoms with E-state index in [0.29, 0.717) is 5.69 Å². The Morgan fingerprint density at radius 3 is 1.80 bits per heavy atom. The van der Waals surface area contributed by atoms with Crippen LogP contribution in [0.15, 0.2) is 18.2 Å². The minimum absolute atomic E-state index is 0.370. The Balaban J connectivity index is 3.21. The smallest absolute Gasteiger partial charge is 0.0372 e. The number of anilines is 1. The summed E-state index contributed by atoms with van der Waals surface area (Å²) in [6, 6.07) is 5.85. The normalized spacial score (nSPS) is 12.9. The Kier molecular flexibility index (Phi) is 2.81. The zero-order valence-corrected chi connectivity index (χ0v) is 9.96. The molecule has 1 aromatic rings. The molecule has 0 fully saturated rings. The highest BCUT2D eigenvalue weighted by Gasteiger charge is 2.20. The first kappa shape index (κ1) is 12.0. The molecule has 0 heterocycles. The first-order valence-electron chi connectivity index (χ1n) is 5.10. The molecule has 84 valence electrons. The molecular formula is C12H21N3. The van der Waals surface area contributed by atoms with E-state index in [2.05, 4.69) is 0 Å². The van der Waals surface area contributed by atoms with Gasteiger partial charge in [0.2, 0.25) is 0 Å². The van der Waals surface area contributed by atoms with Crippen molar-refractivity contribution in [2.75, 3.05) is 5.73 Å². The average molecular weight is 207 g/mol. The van der Waals surface area contributed by atoms with Gasteiger partial charge in [-0.25, -0.2) is 0 Å². The van der Waals surface area contributed by atoms with E-state index in [1.807, 2.05) is 45.9 Å². The first-order chi connectivity index (χ1) is 6.62. The van der Waals surface area contributed by atoms with Gasteiger partial charge in [-0.1, -0.05) is 12.1 Å². The van der Waals surface area contributed by atoms with Crippen LogP contribution >= 0.6 is 0 Å². The summed E-state index contributed by atoms with van der Waals surface area (Å²) in [6.45, 7) is 7.78. The number of nitrogen functional groups attached to an aromatic ring is 1. The van der Waals surface area contributed by atoms with Crippen LogP contribution in [0.2, 0.25) is 0 Å². The van der Waals surface area contributed by atoms with E-state index in [0.717, 1.165) is 11.1 Å². The lowest BCUT2D eigenvalue weighted by molar-refractivity contribution is 0.544. The largest absolute Gasteiger partial charge is 0.398 e. The van der Waals surface area contributed by atoms with Crippen LogP contribution in [-0.4, -0.2) is 0 Å². The second-order valence-corrected chi connectivity index (χ2v) is 5.25. The highest BCUT2D eigenvalue weighted by atomic mass is 14.7. The molecule has 0 bridgehead atoms. The van der Waals surface area contributed by atoms with Crippen LogP contribution in [0.3, 0.4) is 0 Å². The Morgan fingerprint density at radius 1 is 0.933 bits per heavy atom. The molecule has 6 N–H and O–H groups in total. The minimum Gasteiger partial charge on any atom is -0.398 e. The van der Waals surface area contributed by atoms with Crippen LogP contribution < -0.4 is 17.2 Å². The van der Waals surface area contributed by atoms with E-state index in [4.69, 9.17) is 17.2 Å². The topological polar surface area (TPSA) is 78.1 Å². The standard InChI is InChI=1S/C12H21N3/c1-11(2,14)8-5-6-9(10(13)7-8)12(3,4)15/h5-7H,13-15H2,1-4H3. The summed E-state index contributed by atoms with van der Waals surface area (Å²) in [7, 11) is 0. The van der Waals surface area contributed by atoms with E-state index >= 15 is 0 Å². The first-order valence-corrected chi connectivity index (χ1v) is 5.10. The molecule has 3 nitrogen and oxygen atoms in total. The third-order valence-electron chi connectivity index (χ3n) is 2.49. The van der Waals surface area contributed by atoms with Crippen molar-refractivity contribution in [3.8, 4) is 0 Å². The third kappa shape index (κ3) is 2.70. The monoisotopic (exact) mass is 207 g/mol. The highest BCUT2D eigenvalue weighted by molar-refractivity contribution is 5.53. The molecule has 0 aliphatic heterocycles. The van der Waals surface area contributed by atoms with Gasteiger partial charge in [-0.15, -0.1) is 0 Å². The van der Waals surface area contributed by atoms with Crippen LogP contribution in [0.5, 0.6) is 0 Å². The summed E-state index contributed by atoms with van der Waals surface area (Å²) in [5, 5.41) is 0. The number of hydrogen-bond acceptors (Lipinski definition) is 3. The summed E-state index contributed by atoms with van der Waals surface area (Å²) in [6.07, 6.45) is 0. The zero-order valence-electron chi connectivity index (χ0n) is 9.96. The molecule has 3 heteroatoms. The summed E-state index contributed by atoms with van der Waals surface area (Å²) in [5.74, 6) is 0. The molecule has 15 heavy (non-hydrogen) atoms. The van der Waals surface area contributed by atoms with Crippen LogP contribution in [-0.2, 0) is 11.1 Å². The molecule has 0 saturated heterocycles. The van der Waals surface area contributed by atoms with Crippen LogP contribution in [0.1, 0.15) is 38.8 Å². The molecule has 0 unspecified atom stereocenters. The maximum atomic E-state index is 6.01. The number of rotatable bonds is 2. The molecule has 0 spiro atoms. The second-order valence-electron chi connectivity index (χ2n) is 5.25. The van der Waals surface area contributed by atoms with Crippen molar-refractivity contribution in [2.24, 2.45) is 11.5 Å². The number of nitrogens with two attached hydrogens (primary N) is 3. The van der Waals surface area contributed by atoms with Gasteiger partial charge in [0.1, 0.15) is 0 Å². The van der Waals surface area contributed by atoms with Crippen molar-refractivity contribution in [1.82, 2.24) is 0 Å². The molecule has 0 saturated carbocycles. The van der Waals surface area contributed by atoms with E-state index in [-0.39, 0.29) is 5.54 Å².